The SMILES string of the molecule is COCc1nnc(NC(=O)CN2CCN(C(=O)[C@@H]3CCCO3)CC2)s1. The number of methoxy groups -OCH3 is 1. The first kappa shape index (κ1) is 18.2. The van der Waals surface area contributed by atoms with Gasteiger partial charge in [0.1, 0.15) is 17.7 Å². The Morgan fingerprint density at radius 2 is 2.12 bits per heavy atom. The number of aromatic nitrogens is 2. The van der Waals surface area contributed by atoms with Gasteiger partial charge in [-0.25, -0.2) is 0 Å². The molecular weight excluding hydrogens is 346 g/mol. The van der Waals surface area contributed by atoms with Gasteiger partial charge in [-0.05, 0) is 12.8 Å². The Kier molecular flexibility index (Phi) is 6.29. The van der Waals surface area contributed by atoms with E-state index in [9.17, 15) is 9.59 Å². The zero-order valence-corrected chi connectivity index (χ0v) is 15.1. The summed E-state index contributed by atoms with van der Waals surface area (Å²) in [5.41, 5.74) is 0. The fraction of sp³-hybridized carbons (Fsp3) is 0.733. The van der Waals surface area contributed by atoms with Crippen LogP contribution in [0.3, 0.4) is 0 Å². The zero-order valence-electron chi connectivity index (χ0n) is 14.3. The standard InChI is InChI=1S/C15H23N5O4S/c1-23-10-13-17-18-15(25-13)16-12(21)9-19-4-6-20(7-5-19)14(22)11-3-2-8-24-11/h11H,2-10H2,1H3,(H,16,18,21)/t11-/m0/s1. The highest BCUT2D eigenvalue weighted by Crippen LogP contribution is 2.17. The van der Waals surface area contributed by atoms with Crippen LogP contribution in [0, 0.1) is 0 Å². The minimum Gasteiger partial charge on any atom is -0.377 e. The van der Waals surface area contributed by atoms with Crippen molar-refractivity contribution >= 4 is 28.3 Å². The van der Waals surface area contributed by atoms with Crippen LogP contribution in [-0.4, -0.2) is 84.4 Å². The summed E-state index contributed by atoms with van der Waals surface area (Å²) in [6, 6.07) is 0. The molecule has 2 aliphatic rings. The fourth-order valence-electron chi connectivity index (χ4n) is 2.95. The smallest absolute Gasteiger partial charge is 0.251 e. The Labute approximate surface area is 150 Å². The van der Waals surface area contributed by atoms with Crippen LogP contribution in [0.15, 0.2) is 0 Å². The van der Waals surface area contributed by atoms with Gasteiger partial charge in [-0.3, -0.25) is 19.8 Å². The lowest BCUT2D eigenvalue weighted by molar-refractivity contribution is -0.142. The summed E-state index contributed by atoms with van der Waals surface area (Å²) in [4.78, 5) is 28.3. The Balaban J connectivity index is 1.40. The lowest BCUT2D eigenvalue weighted by atomic mass is 10.2. The van der Waals surface area contributed by atoms with E-state index in [2.05, 4.69) is 15.5 Å². The predicted octanol–water partition coefficient (Wildman–Crippen LogP) is -0.0538. The van der Waals surface area contributed by atoms with Gasteiger partial charge in [0.15, 0.2) is 0 Å². The Morgan fingerprint density at radius 3 is 2.80 bits per heavy atom. The second-order valence-electron chi connectivity index (χ2n) is 6.09. The van der Waals surface area contributed by atoms with Gasteiger partial charge in [0.25, 0.3) is 5.91 Å². The minimum absolute atomic E-state index is 0.0844. The molecule has 25 heavy (non-hydrogen) atoms. The van der Waals surface area contributed by atoms with Crippen LogP contribution in [0.25, 0.3) is 0 Å². The third-order valence-corrected chi connectivity index (χ3v) is 5.05. The predicted molar refractivity (Wildman–Crippen MR) is 91.2 cm³/mol. The van der Waals surface area contributed by atoms with Crippen LogP contribution in [0.1, 0.15) is 17.8 Å². The van der Waals surface area contributed by atoms with Crippen molar-refractivity contribution in [1.82, 2.24) is 20.0 Å². The minimum atomic E-state index is -0.270. The molecular formula is C15H23N5O4S. The number of rotatable bonds is 6. The zero-order chi connectivity index (χ0) is 17.6. The first-order chi connectivity index (χ1) is 12.2. The summed E-state index contributed by atoms with van der Waals surface area (Å²) in [5.74, 6) is -0.0415. The molecule has 0 aliphatic carbocycles. The molecule has 10 heteroatoms. The molecule has 0 radical (unpaired) electrons. The third kappa shape index (κ3) is 4.94. The van der Waals surface area contributed by atoms with Gasteiger partial charge in [-0.1, -0.05) is 11.3 Å². The molecule has 2 fully saturated rings. The van der Waals surface area contributed by atoms with Crippen LogP contribution in [0.5, 0.6) is 0 Å². The molecule has 1 aromatic rings. The molecule has 2 aliphatic heterocycles. The number of carbonyl (C=O) groups excluding carboxylic acids is 2. The summed E-state index contributed by atoms with van der Waals surface area (Å²) in [6.45, 7) is 3.95. The molecule has 3 heterocycles. The molecule has 1 N–H and O–H groups in total. The maximum Gasteiger partial charge on any atom is 0.251 e. The van der Waals surface area contributed by atoms with Gasteiger partial charge in [-0.15, -0.1) is 10.2 Å². The monoisotopic (exact) mass is 369 g/mol. The number of piperazine rings is 1. The maximum atomic E-state index is 12.3. The van der Waals surface area contributed by atoms with E-state index in [0.29, 0.717) is 44.5 Å². The maximum absolute atomic E-state index is 12.3. The van der Waals surface area contributed by atoms with E-state index in [1.807, 2.05) is 9.80 Å². The lowest BCUT2D eigenvalue weighted by Gasteiger charge is -2.35. The van der Waals surface area contributed by atoms with Crippen LogP contribution >= 0.6 is 11.3 Å². The Morgan fingerprint density at radius 1 is 1.32 bits per heavy atom. The summed E-state index contributed by atoms with van der Waals surface area (Å²) < 4.78 is 10.4. The van der Waals surface area contributed by atoms with Gasteiger partial charge in [0.2, 0.25) is 11.0 Å². The third-order valence-electron chi connectivity index (χ3n) is 4.24. The average Bonchev–Trinajstić information content (AvgIpc) is 3.27. The van der Waals surface area contributed by atoms with E-state index in [-0.39, 0.29) is 24.5 Å². The first-order valence-corrected chi connectivity index (χ1v) is 9.21. The molecule has 3 rings (SSSR count). The summed E-state index contributed by atoms with van der Waals surface area (Å²) in [6.07, 6.45) is 1.50. The highest BCUT2D eigenvalue weighted by Gasteiger charge is 2.30. The molecule has 9 nitrogen and oxygen atoms in total. The van der Waals surface area contributed by atoms with Gasteiger partial charge >= 0.3 is 0 Å². The van der Waals surface area contributed by atoms with Crippen LogP contribution in [0.4, 0.5) is 5.13 Å². The van der Waals surface area contributed by atoms with Gasteiger partial charge in [0, 0.05) is 39.9 Å². The number of anilines is 1. The van der Waals surface area contributed by atoms with E-state index in [1.54, 1.807) is 7.11 Å². The van der Waals surface area contributed by atoms with Crippen molar-refractivity contribution in [3.05, 3.63) is 5.01 Å². The molecule has 0 bridgehead atoms. The molecule has 1 atom stereocenters. The fourth-order valence-corrected chi connectivity index (χ4v) is 3.68. The van der Waals surface area contributed by atoms with Crippen molar-refractivity contribution in [2.24, 2.45) is 0 Å². The number of nitrogens with one attached hydrogen (secondary N) is 1. The highest BCUT2D eigenvalue weighted by molar-refractivity contribution is 7.15. The van der Waals surface area contributed by atoms with Crippen molar-refractivity contribution in [2.45, 2.75) is 25.6 Å². The number of hydrogen-bond donors (Lipinski definition) is 1. The summed E-state index contributed by atoms with van der Waals surface area (Å²) >= 11 is 1.30. The van der Waals surface area contributed by atoms with E-state index in [4.69, 9.17) is 9.47 Å². The molecule has 0 aromatic carbocycles. The van der Waals surface area contributed by atoms with Crippen LogP contribution < -0.4 is 5.32 Å². The normalized spacial score (nSPS) is 21.5. The van der Waals surface area contributed by atoms with Gasteiger partial charge < -0.3 is 14.4 Å². The summed E-state index contributed by atoms with van der Waals surface area (Å²) in [5, 5.41) is 11.8. The van der Waals surface area contributed by atoms with Crippen molar-refractivity contribution in [3.8, 4) is 0 Å². The van der Waals surface area contributed by atoms with Crippen molar-refractivity contribution in [2.75, 3.05) is 51.8 Å². The Hall–Kier alpha value is -1.62. The topological polar surface area (TPSA) is 96.9 Å². The van der Waals surface area contributed by atoms with E-state index >= 15 is 0 Å². The van der Waals surface area contributed by atoms with Gasteiger partial charge in [-0.2, -0.15) is 0 Å². The van der Waals surface area contributed by atoms with Crippen LogP contribution in [0.2, 0.25) is 0 Å². The van der Waals surface area contributed by atoms with E-state index in [1.165, 1.54) is 11.3 Å². The number of amides is 2. The van der Waals surface area contributed by atoms with Gasteiger partial charge in [0.05, 0.1) is 6.54 Å². The van der Waals surface area contributed by atoms with Crippen molar-refractivity contribution in [3.63, 3.8) is 0 Å². The van der Waals surface area contributed by atoms with E-state index < -0.39 is 0 Å². The molecule has 0 unspecified atom stereocenters. The van der Waals surface area contributed by atoms with E-state index in [0.717, 1.165) is 17.8 Å². The lowest BCUT2D eigenvalue weighted by Crippen LogP contribution is -2.52. The quantitative estimate of drug-likeness (QED) is 0.751. The van der Waals surface area contributed by atoms with Crippen LogP contribution in [-0.2, 0) is 25.7 Å². The van der Waals surface area contributed by atoms with Crippen molar-refractivity contribution < 1.29 is 19.1 Å². The molecule has 2 amide bonds. The number of ether oxygens (including phenoxy) is 2. The molecule has 1 aromatic heterocycles. The molecule has 0 spiro atoms. The first-order valence-electron chi connectivity index (χ1n) is 8.39. The summed E-state index contributed by atoms with van der Waals surface area (Å²) in [7, 11) is 1.59. The molecule has 0 saturated carbocycles. The second kappa shape index (κ2) is 8.65. The highest BCUT2D eigenvalue weighted by atomic mass is 32.1. The largest absolute Gasteiger partial charge is 0.377 e. The average molecular weight is 369 g/mol. The second-order valence-corrected chi connectivity index (χ2v) is 7.15. The van der Waals surface area contributed by atoms with Crippen molar-refractivity contribution in [1.29, 1.82) is 0 Å². The molecule has 138 valence electrons. The Bertz CT molecular complexity index is 596. The number of hydrogen-bond acceptors (Lipinski definition) is 8. The molecule has 2 saturated heterocycles. The number of nitrogens with zero attached hydrogens (tertiary/aromatic N) is 4. The number of carbonyl (C=O) groups is 2.